The van der Waals surface area contributed by atoms with Crippen molar-refractivity contribution < 1.29 is 4.39 Å². The van der Waals surface area contributed by atoms with Gasteiger partial charge in [0.2, 0.25) is 0 Å². The Labute approximate surface area is 107 Å². The quantitative estimate of drug-likeness (QED) is 0.900. The molecular weight excluding hydrogens is 229 g/mol. The minimum atomic E-state index is -0.205. The molecule has 1 aromatic carbocycles. The van der Waals surface area contributed by atoms with Gasteiger partial charge >= 0.3 is 0 Å². The fourth-order valence-electron chi connectivity index (χ4n) is 1.89. The zero-order valence-electron chi connectivity index (χ0n) is 10.9. The van der Waals surface area contributed by atoms with Crippen molar-refractivity contribution in [3.05, 3.63) is 47.5 Å². The molecule has 18 heavy (non-hydrogen) atoms. The van der Waals surface area contributed by atoms with E-state index in [0.29, 0.717) is 18.0 Å². The average molecular weight is 247 g/mol. The molecule has 3 nitrogen and oxygen atoms in total. The Hall–Kier alpha value is -1.68. The van der Waals surface area contributed by atoms with Crippen LogP contribution in [0.5, 0.6) is 0 Å². The van der Waals surface area contributed by atoms with E-state index in [1.54, 1.807) is 17.8 Å². The van der Waals surface area contributed by atoms with Crippen molar-refractivity contribution in [3.63, 3.8) is 0 Å². The molecule has 0 aliphatic carbocycles. The summed E-state index contributed by atoms with van der Waals surface area (Å²) in [6.45, 7) is 4.67. The fraction of sp³-hybridized carbons (Fsp3) is 0.357. The lowest BCUT2D eigenvalue weighted by Crippen LogP contribution is -2.11. The number of hydrogen-bond donors (Lipinski definition) is 1. The topological polar surface area (TPSA) is 29.9 Å². The second kappa shape index (κ2) is 5.31. The highest BCUT2D eigenvalue weighted by molar-refractivity contribution is 5.41. The number of aromatic nitrogens is 2. The van der Waals surface area contributed by atoms with Gasteiger partial charge in [0.1, 0.15) is 5.82 Å². The lowest BCUT2D eigenvalue weighted by atomic mass is 10.1. The average Bonchev–Trinajstić information content (AvgIpc) is 2.81. The van der Waals surface area contributed by atoms with Gasteiger partial charge in [-0.05, 0) is 31.2 Å². The molecule has 0 fully saturated rings. The summed E-state index contributed by atoms with van der Waals surface area (Å²) in [4.78, 5) is 0. The molecule has 96 valence electrons. The maximum absolute atomic E-state index is 13.8. The molecule has 0 aliphatic rings. The highest BCUT2D eigenvalue weighted by Gasteiger charge is 2.11. The molecule has 4 heteroatoms. The van der Waals surface area contributed by atoms with Crippen LogP contribution in [0.15, 0.2) is 30.5 Å². The third kappa shape index (κ3) is 2.43. The number of nitrogens with zero attached hydrogens (tertiary/aromatic N) is 2. The number of benzene rings is 1. The molecule has 0 saturated carbocycles. The van der Waals surface area contributed by atoms with Gasteiger partial charge in [-0.2, -0.15) is 5.10 Å². The first-order valence-corrected chi connectivity index (χ1v) is 6.11. The first kappa shape index (κ1) is 12.8. The Balaban J connectivity index is 2.45. The summed E-state index contributed by atoms with van der Waals surface area (Å²) < 4.78 is 15.5. The summed E-state index contributed by atoms with van der Waals surface area (Å²) in [5.74, 6) is 0.163. The van der Waals surface area contributed by atoms with Crippen molar-refractivity contribution in [1.29, 1.82) is 0 Å². The Kier molecular flexibility index (Phi) is 3.77. The molecular formula is C14H18FN3. The normalized spacial score (nSPS) is 11.2. The lowest BCUT2D eigenvalue weighted by molar-refractivity contribution is 0.596. The van der Waals surface area contributed by atoms with Crippen LogP contribution in [0.3, 0.4) is 0 Å². The molecule has 0 bridgehead atoms. The van der Waals surface area contributed by atoms with Gasteiger partial charge in [0, 0.05) is 18.3 Å². The smallest absolute Gasteiger partial charge is 0.129 e. The summed E-state index contributed by atoms with van der Waals surface area (Å²) in [5.41, 5.74) is 2.43. The largest absolute Gasteiger partial charge is 0.316 e. The third-order valence-corrected chi connectivity index (χ3v) is 2.90. The van der Waals surface area contributed by atoms with E-state index in [4.69, 9.17) is 0 Å². The molecule has 2 rings (SSSR count). The molecule has 1 heterocycles. The summed E-state index contributed by atoms with van der Waals surface area (Å²) >= 11 is 0. The predicted octanol–water partition coefficient (Wildman–Crippen LogP) is 2.85. The van der Waals surface area contributed by atoms with E-state index in [9.17, 15) is 4.39 Å². The molecule has 0 atom stereocenters. The highest BCUT2D eigenvalue weighted by Crippen LogP contribution is 2.19. The van der Waals surface area contributed by atoms with Crippen LogP contribution in [0.25, 0.3) is 5.69 Å². The zero-order chi connectivity index (χ0) is 13.1. The minimum absolute atomic E-state index is 0.205. The van der Waals surface area contributed by atoms with Gasteiger partial charge < -0.3 is 5.32 Å². The van der Waals surface area contributed by atoms with Crippen molar-refractivity contribution in [2.24, 2.45) is 0 Å². The summed E-state index contributed by atoms with van der Waals surface area (Å²) in [7, 11) is 1.80. The highest BCUT2D eigenvalue weighted by atomic mass is 19.1. The van der Waals surface area contributed by atoms with E-state index in [-0.39, 0.29) is 5.82 Å². The van der Waals surface area contributed by atoms with Gasteiger partial charge in [0.25, 0.3) is 0 Å². The van der Waals surface area contributed by atoms with E-state index in [1.165, 1.54) is 6.07 Å². The fourth-order valence-corrected chi connectivity index (χ4v) is 1.89. The SMILES string of the molecule is CNCc1c(F)cccc1-n1ccc(C(C)C)n1. The van der Waals surface area contributed by atoms with Gasteiger partial charge in [-0.15, -0.1) is 0 Å². The molecule has 0 radical (unpaired) electrons. The molecule has 0 unspecified atom stereocenters. The minimum Gasteiger partial charge on any atom is -0.316 e. The Morgan fingerprint density at radius 2 is 2.11 bits per heavy atom. The van der Waals surface area contributed by atoms with Crippen LogP contribution >= 0.6 is 0 Å². The number of halogens is 1. The molecule has 1 aromatic heterocycles. The molecule has 0 aliphatic heterocycles. The van der Waals surface area contributed by atoms with Crippen molar-refractivity contribution in [2.75, 3.05) is 7.05 Å². The predicted molar refractivity (Wildman–Crippen MR) is 70.4 cm³/mol. The van der Waals surface area contributed by atoms with Gasteiger partial charge in [0.05, 0.1) is 11.4 Å². The summed E-state index contributed by atoms with van der Waals surface area (Å²) in [6.07, 6.45) is 1.88. The van der Waals surface area contributed by atoms with Crippen LogP contribution in [0.1, 0.15) is 31.0 Å². The Morgan fingerprint density at radius 3 is 2.72 bits per heavy atom. The van der Waals surface area contributed by atoms with Crippen LogP contribution in [-0.4, -0.2) is 16.8 Å². The molecule has 1 N–H and O–H groups in total. The summed E-state index contributed by atoms with van der Waals surface area (Å²) in [5, 5.41) is 7.47. The Bertz CT molecular complexity index is 532. The van der Waals surface area contributed by atoms with Crippen LogP contribution in [0.2, 0.25) is 0 Å². The van der Waals surface area contributed by atoms with Crippen molar-refractivity contribution >= 4 is 0 Å². The van der Waals surface area contributed by atoms with Crippen molar-refractivity contribution in [3.8, 4) is 5.69 Å². The number of nitrogens with one attached hydrogen (secondary N) is 1. The lowest BCUT2D eigenvalue weighted by Gasteiger charge is -2.10. The van der Waals surface area contributed by atoms with E-state index in [1.807, 2.05) is 18.3 Å². The van der Waals surface area contributed by atoms with E-state index in [2.05, 4.69) is 24.3 Å². The van der Waals surface area contributed by atoms with Crippen molar-refractivity contribution in [1.82, 2.24) is 15.1 Å². The first-order valence-electron chi connectivity index (χ1n) is 6.11. The standard InChI is InChI=1S/C14H18FN3/c1-10(2)13-7-8-18(17-13)14-6-4-5-12(15)11(14)9-16-3/h4-8,10,16H,9H2,1-3H3. The Morgan fingerprint density at radius 1 is 1.33 bits per heavy atom. The number of hydrogen-bond acceptors (Lipinski definition) is 2. The molecule has 0 amide bonds. The molecule has 0 saturated heterocycles. The third-order valence-electron chi connectivity index (χ3n) is 2.90. The second-order valence-corrected chi connectivity index (χ2v) is 4.61. The van der Waals surface area contributed by atoms with Crippen LogP contribution in [0.4, 0.5) is 4.39 Å². The number of rotatable bonds is 4. The molecule has 0 spiro atoms. The summed E-state index contributed by atoms with van der Waals surface area (Å²) in [6, 6.07) is 7.04. The van der Waals surface area contributed by atoms with Gasteiger partial charge in [-0.25, -0.2) is 9.07 Å². The maximum Gasteiger partial charge on any atom is 0.129 e. The van der Waals surface area contributed by atoms with E-state index >= 15 is 0 Å². The monoisotopic (exact) mass is 247 g/mol. The van der Waals surface area contributed by atoms with E-state index < -0.39 is 0 Å². The van der Waals surface area contributed by atoms with Crippen molar-refractivity contribution in [2.45, 2.75) is 26.3 Å². The van der Waals surface area contributed by atoms with Crippen LogP contribution in [-0.2, 0) is 6.54 Å². The zero-order valence-corrected chi connectivity index (χ0v) is 10.9. The van der Waals surface area contributed by atoms with E-state index in [0.717, 1.165) is 11.4 Å². The van der Waals surface area contributed by atoms with Gasteiger partial charge in [0.15, 0.2) is 0 Å². The molecule has 2 aromatic rings. The second-order valence-electron chi connectivity index (χ2n) is 4.61. The first-order chi connectivity index (χ1) is 8.63. The van der Waals surface area contributed by atoms with Crippen LogP contribution < -0.4 is 5.32 Å². The van der Waals surface area contributed by atoms with Crippen LogP contribution in [0, 0.1) is 5.82 Å². The van der Waals surface area contributed by atoms with Gasteiger partial charge in [-0.1, -0.05) is 19.9 Å². The van der Waals surface area contributed by atoms with Gasteiger partial charge in [-0.3, -0.25) is 0 Å². The maximum atomic E-state index is 13.8.